The van der Waals surface area contributed by atoms with Crippen molar-refractivity contribution < 1.29 is 13.6 Å². The van der Waals surface area contributed by atoms with Crippen molar-refractivity contribution in [2.45, 2.75) is 55.6 Å². The molecule has 2 aromatic heterocycles. The van der Waals surface area contributed by atoms with Crippen LogP contribution in [-0.4, -0.2) is 5.91 Å². The van der Waals surface area contributed by atoms with E-state index in [9.17, 15) is 4.79 Å². The van der Waals surface area contributed by atoms with Crippen molar-refractivity contribution in [3.8, 4) is 0 Å². The lowest BCUT2D eigenvalue weighted by atomic mass is 9.87. The molecule has 29 heavy (non-hydrogen) atoms. The van der Waals surface area contributed by atoms with Gasteiger partial charge in [0.1, 0.15) is 0 Å². The Morgan fingerprint density at radius 1 is 1.24 bits per heavy atom. The van der Waals surface area contributed by atoms with E-state index < -0.39 is 0 Å². The van der Waals surface area contributed by atoms with E-state index in [4.69, 9.17) is 8.83 Å². The van der Waals surface area contributed by atoms with Crippen LogP contribution in [0.3, 0.4) is 0 Å². The van der Waals surface area contributed by atoms with Gasteiger partial charge in [0, 0.05) is 10.5 Å². The summed E-state index contributed by atoms with van der Waals surface area (Å²) in [5.41, 5.74) is 3.41. The molecule has 1 amide bonds. The molecule has 1 atom stereocenters. The van der Waals surface area contributed by atoms with Gasteiger partial charge in [0.15, 0.2) is 10.9 Å². The second-order valence-electron chi connectivity index (χ2n) is 8.06. The molecule has 1 unspecified atom stereocenters. The van der Waals surface area contributed by atoms with Crippen LogP contribution >= 0.6 is 11.8 Å². The molecule has 3 rings (SSSR count). The number of carbonyl (C=O) groups excluding carboxylic acids is 1. The van der Waals surface area contributed by atoms with Gasteiger partial charge >= 0.3 is 0 Å². The van der Waals surface area contributed by atoms with Gasteiger partial charge in [-0.2, -0.15) is 0 Å². The zero-order chi connectivity index (χ0) is 21.0. The first-order valence-electron chi connectivity index (χ1n) is 9.60. The van der Waals surface area contributed by atoms with E-state index in [-0.39, 0.29) is 23.1 Å². The minimum absolute atomic E-state index is 0.0739. The molecule has 152 valence electrons. The second kappa shape index (κ2) is 8.78. The van der Waals surface area contributed by atoms with Gasteiger partial charge in [0.2, 0.25) is 0 Å². The van der Waals surface area contributed by atoms with Gasteiger partial charge in [-0.15, -0.1) is 6.58 Å². The number of amides is 1. The van der Waals surface area contributed by atoms with Gasteiger partial charge < -0.3 is 14.2 Å². The number of rotatable bonds is 7. The molecular formula is C24H27NO3S. The number of furan rings is 2. The largest absolute Gasteiger partial charge is 0.472 e. The first kappa shape index (κ1) is 21.1. The van der Waals surface area contributed by atoms with E-state index in [2.05, 4.69) is 57.8 Å². The second-order valence-corrected chi connectivity index (χ2v) is 9.10. The van der Waals surface area contributed by atoms with Crippen LogP contribution in [0.15, 0.2) is 80.4 Å². The van der Waals surface area contributed by atoms with Crippen molar-refractivity contribution >= 4 is 17.7 Å². The van der Waals surface area contributed by atoms with E-state index in [0.29, 0.717) is 11.5 Å². The molecule has 0 aliphatic carbocycles. The lowest BCUT2D eigenvalue weighted by Gasteiger charge is -2.20. The Labute approximate surface area is 176 Å². The van der Waals surface area contributed by atoms with Crippen molar-refractivity contribution in [2.24, 2.45) is 0 Å². The predicted molar refractivity (Wildman–Crippen MR) is 116 cm³/mol. The van der Waals surface area contributed by atoms with Crippen LogP contribution in [0, 0.1) is 6.92 Å². The summed E-state index contributed by atoms with van der Waals surface area (Å²) < 4.78 is 11.0. The average molecular weight is 410 g/mol. The Morgan fingerprint density at radius 3 is 2.69 bits per heavy atom. The van der Waals surface area contributed by atoms with Gasteiger partial charge in [-0.1, -0.05) is 50.7 Å². The van der Waals surface area contributed by atoms with E-state index in [1.807, 2.05) is 12.1 Å². The Bertz CT molecular complexity index is 980. The molecule has 1 N–H and O–H groups in total. The van der Waals surface area contributed by atoms with Gasteiger partial charge in [0.25, 0.3) is 5.91 Å². The fraction of sp³-hybridized carbons (Fsp3) is 0.292. The Morgan fingerprint density at radius 2 is 2.03 bits per heavy atom. The fourth-order valence-electron chi connectivity index (χ4n) is 2.93. The fourth-order valence-corrected chi connectivity index (χ4v) is 3.83. The highest BCUT2D eigenvalue weighted by molar-refractivity contribution is 7.99. The monoisotopic (exact) mass is 409 g/mol. The highest BCUT2D eigenvalue weighted by Gasteiger charge is 2.19. The van der Waals surface area contributed by atoms with Crippen LogP contribution in [0.2, 0.25) is 0 Å². The van der Waals surface area contributed by atoms with Crippen LogP contribution in [0.1, 0.15) is 60.5 Å². The van der Waals surface area contributed by atoms with Crippen molar-refractivity contribution in [3.63, 3.8) is 0 Å². The maximum absolute atomic E-state index is 12.7. The summed E-state index contributed by atoms with van der Waals surface area (Å²) in [6, 6.07) is 11.7. The molecule has 0 fully saturated rings. The van der Waals surface area contributed by atoms with Gasteiger partial charge in [-0.25, -0.2) is 0 Å². The average Bonchev–Trinajstić information content (AvgIpc) is 3.34. The highest BCUT2D eigenvalue weighted by atomic mass is 32.2. The first-order valence-corrected chi connectivity index (χ1v) is 10.4. The molecule has 3 aromatic rings. The van der Waals surface area contributed by atoms with Crippen LogP contribution in [-0.2, 0) is 5.41 Å². The van der Waals surface area contributed by atoms with Crippen molar-refractivity contribution in [1.82, 2.24) is 5.32 Å². The molecule has 2 heterocycles. The number of hydrogen-bond acceptors (Lipinski definition) is 4. The summed E-state index contributed by atoms with van der Waals surface area (Å²) in [6.45, 7) is 12.4. The Kier molecular flexibility index (Phi) is 6.38. The molecule has 0 saturated carbocycles. The maximum Gasteiger partial charge on any atom is 0.287 e. The smallest absolute Gasteiger partial charge is 0.287 e. The number of aryl methyl sites for hydroxylation is 1. The lowest BCUT2D eigenvalue weighted by Crippen LogP contribution is -2.27. The van der Waals surface area contributed by atoms with E-state index in [1.165, 1.54) is 22.9 Å². The predicted octanol–water partition coefficient (Wildman–Crippen LogP) is 6.68. The summed E-state index contributed by atoms with van der Waals surface area (Å²) in [5.74, 6) is 0.0275. The number of nitrogens with one attached hydrogen (secondary N) is 1. The van der Waals surface area contributed by atoms with Gasteiger partial charge in [-0.05, 0) is 54.2 Å². The molecule has 0 aliphatic rings. The molecular weight excluding hydrogens is 382 g/mol. The first-order chi connectivity index (χ1) is 13.8. The van der Waals surface area contributed by atoms with Gasteiger partial charge in [0.05, 0.1) is 18.6 Å². The summed E-state index contributed by atoms with van der Waals surface area (Å²) in [6.07, 6.45) is 5.59. The minimum Gasteiger partial charge on any atom is -0.472 e. The van der Waals surface area contributed by atoms with Crippen LogP contribution in [0.5, 0.6) is 0 Å². The Hall–Kier alpha value is -2.66. The molecule has 0 spiro atoms. The standard InChI is InChI=1S/C24H27NO3S/c1-6-7-19(17-12-13-27-15-17)25-23(26)20-10-11-22(28-20)29-21-14-18(24(3,4)5)9-8-16(21)2/h6,8-15,19H,1,7H2,2-5H3,(H,25,26). The summed E-state index contributed by atoms with van der Waals surface area (Å²) >= 11 is 1.53. The van der Waals surface area contributed by atoms with Crippen molar-refractivity contribution in [3.05, 3.63) is 84.0 Å². The summed E-state index contributed by atoms with van der Waals surface area (Å²) in [5, 5.41) is 3.67. The van der Waals surface area contributed by atoms with Gasteiger partial charge in [-0.3, -0.25) is 4.79 Å². The normalized spacial score (nSPS) is 12.6. The molecule has 0 aliphatic heterocycles. The zero-order valence-electron chi connectivity index (χ0n) is 17.3. The quantitative estimate of drug-likeness (QED) is 0.442. The topological polar surface area (TPSA) is 55.4 Å². The molecule has 1 aromatic carbocycles. The lowest BCUT2D eigenvalue weighted by molar-refractivity contribution is 0.0903. The molecule has 0 radical (unpaired) electrons. The van der Waals surface area contributed by atoms with Crippen LogP contribution in [0.4, 0.5) is 0 Å². The third kappa shape index (κ3) is 5.24. The third-order valence-electron chi connectivity index (χ3n) is 4.72. The third-order valence-corrected chi connectivity index (χ3v) is 5.80. The molecule has 0 saturated heterocycles. The summed E-state index contributed by atoms with van der Waals surface area (Å²) in [7, 11) is 0. The Balaban J connectivity index is 1.74. The van der Waals surface area contributed by atoms with Crippen molar-refractivity contribution in [2.75, 3.05) is 0 Å². The number of hydrogen-bond donors (Lipinski definition) is 1. The number of carbonyl (C=O) groups is 1. The SMILES string of the molecule is C=CCC(NC(=O)c1ccc(Sc2cc(C(C)(C)C)ccc2C)o1)c1ccoc1. The molecule has 4 nitrogen and oxygen atoms in total. The van der Waals surface area contributed by atoms with E-state index >= 15 is 0 Å². The van der Waals surface area contributed by atoms with Crippen molar-refractivity contribution in [1.29, 1.82) is 0 Å². The molecule has 5 heteroatoms. The minimum atomic E-state index is -0.259. The van der Waals surface area contributed by atoms with Crippen LogP contribution < -0.4 is 5.32 Å². The highest BCUT2D eigenvalue weighted by Crippen LogP contribution is 2.35. The summed E-state index contributed by atoms with van der Waals surface area (Å²) in [4.78, 5) is 13.8. The zero-order valence-corrected chi connectivity index (χ0v) is 18.1. The molecule has 0 bridgehead atoms. The van der Waals surface area contributed by atoms with E-state index in [0.717, 1.165) is 10.5 Å². The van der Waals surface area contributed by atoms with E-state index in [1.54, 1.807) is 24.7 Å². The maximum atomic E-state index is 12.7. The number of benzene rings is 1. The van der Waals surface area contributed by atoms with Crippen LogP contribution in [0.25, 0.3) is 0 Å².